The third kappa shape index (κ3) is 2.77. The average Bonchev–Trinajstić information content (AvgIpc) is 2.15. The summed E-state index contributed by atoms with van der Waals surface area (Å²) in [6.45, 7) is 1.62. The third-order valence-electron chi connectivity index (χ3n) is 2.27. The molecule has 0 aromatic heterocycles. The van der Waals surface area contributed by atoms with Crippen molar-refractivity contribution in [3.63, 3.8) is 0 Å². The van der Waals surface area contributed by atoms with Crippen molar-refractivity contribution in [2.24, 2.45) is 5.73 Å². The minimum absolute atomic E-state index is 0.154. The molecule has 0 heterocycles. The van der Waals surface area contributed by atoms with E-state index < -0.39 is 15.9 Å². The van der Waals surface area contributed by atoms with Crippen LogP contribution in [-0.2, 0) is 9.84 Å². The fraction of sp³-hybridized carbons (Fsp3) is 0.400. The topological polar surface area (TPSA) is 80.4 Å². The van der Waals surface area contributed by atoms with Gasteiger partial charge >= 0.3 is 0 Å². The van der Waals surface area contributed by atoms with Gasteiger partial charge in [0.25, 0.3) is 0 Å². The van der Waals surface area contributed by atoms with Gasteiger partial charge in [-0.15, -0.1) is 0 Å². The van der Waals surface area contributed by atoms with Crippen molar-refractivity contribution in [1.82, 2.24) is 0 Å². The van der Waals surface area contributed by atoms with Crippen LogP contribution in [0.2, 0.25) is 0 Å². The highest BCUT2D eigenvalue weighted by Gasteiger charge is 2.12. The van der Waals surface area contributed by atoms with E-state index in [9.17, 15) is 8.42 Å². The van der Waals surface area contributed by atoms with Gasteiger partial charge < -0.3 is 10.8 Å². The maximum atomic E-state index is 11.3. The van der Waals surface area contributed by atoms with E-state index in [2.05, 4.69) is 0 Å². The van der Waals surface area contributed by atoms with Gasteiger partial charge in [0.05, 0.1) is 17.5 Å². The molecule has 0 aliphatic carbocycles. The van der Waals surface area contributed by atoms with Crippen LogP contribution in [-0.4, -0.2) is 26.4 Å². The van der Waals surface area contributed by atoms with Crippen molar-refractivity contribution in [2.75, 3.05) is 12.9 Å². The van der Waals surface area contributed by atoms with Gasteiger partial charge in [0.2, 0.25) is 0 Å². The first-order valence-electron chi connectivity index (χ1n) is 4.53. The van der Waals surface area contributed by atoms with E-state index in [0.29, 0.717) is 0 Å². The van der Waals surface area contributed by atoms with Crippen LogP contribution in [0.4, 0.5) is 0 Å². The van der Waals surface area contributed by atoms with Crippen LogP contribution in [0.25, 0.3) is 0 Å². The number of benzene rings is 1. The molecule has 3 N–H and O–H groups in total. The molecular formula is C10H15NO3S. The molecule has 0 amide bonds. The number of rotatable bonds is 3. The van der Waals surface area contributed by atoms with Crippen molar-refractivity contribution in [2.45, 2.75) is 17.9 Å². The maximum Gasteiger partial charge on any atom is 0.175 e. The molecule has 1 atom stereocenters. The fourth-order valence-corrected chi connectivity index (χ4v) is 2.10. The van der Waals surface area contributed by atoms with Crippen LogP contribution in [0.1, 0.15) is 17.2 Å². The van der Waals surface area contributed by atoms with Crippen molar-refractivity contribution in [3.8, 4) is 0 Å². The summed E-state index contributed by atoms with van der Waals surface area (Å²) in [5, 5.41) is 8.90. The van der Waals surface area contributed by atoms with E-state index in [-0.39, 0.29) is 11.5 Å². The fourth-order valence-electron chi connectivity index (χ4n) is 1.39. The molecule has 1 aromatic carbocycles. The molecule has 15 heavy (non-hydrogen) atoms. The summed E-state index contributed by atoms with van der Waals surface area (Å²) in [5.74, 6) is 0. The average molecular weight is 229 g/mol. The van der Waals surface area contributed by atoms with Gasteiger partial charge in [-0.25, -0.2) is 8.42 Å². The van der Waals surface area contributed by atoms with Crippen molar-refractivity contribution in [1.29, 1.82) is 0 Å². The molecule has 1 rings (SSSR count). The predicted molar refractivity (Wildman–Crippen MR) is 58.3 cm³/mol. The number of sulfone groups is 1. The third-order valence-corrected chi connectivity index (χ3v) is 3.38. The van der Waals surface area contributed by atoms with Gasteiger partial charge in [0.1, 0.15) is 0 Å². The first-order chi connectivity index (χ1) is 6.86. The molecular weight excluding hydrogens is 214 g/mol. The van der Waals surface area contributed by atoms with Crippen LogP contribution < -0.4 is 5.73 Å². The molecule has 4 nitrogen and oxygen atoms in total. The highest BCUT2D eigenvalue weighted by molar-refractivity contribution is 7.90. The van der Waals surface area contributed by atoms with E-state index in [1.54, 1.807) is 19.1 Å². The molecule has 0 fully saturated rings. The van der Waals surface area contributed by atoms with Crippen molar-refractivity contribution >= 4 is 9.84 Å². The molecule has 0 saturated carbocycles. The lowest BCUT2D eigenvalue weighted by molar-refractivity contribution is 0.267. The summed E-state index contributed by atoms with van der Waals surface area (Å²) < 4.78 is 22.5. The molecule has 0 aliphatic rings. The molecule has 0 radical (unpaired) electrons. The Bertz CT molecular complexity index is 454. The number of aliphatic hydroxyl groups excluding tert-OH is 1. The van der Waals surface area contributed by atoms with Gasteiger partial charge in [-0.2, -0.15) is 0 Å². The Balaban J connectivity index is 3.20. The Kier molecular flexibility index (Phi) is 3.49. The zero-order chi connectivity index (χ0) is 11.6. The minimum Gasteiger partial charge on any atom is -0.394 e. The highest BCUT2D eigenvalue weighted by atomic mass is 32.2. The molecule has 0 bridgehead atoms. The molecule has 1 unspecified atom stereocenters. The van der Waals surface area contributed by atoms with Crippen LogP contribution in [0, 0.1) is 6.92 Å². The quantitative estimate of drug-likeness (QED) is 0.785. The van der Waals surface area contributed by atoms with E-state index in [1.165, 1.54) is 6.07 Å². The van der Waals surface area contributed by atoms with Crippen molar-refractivity contribution in [3.05, 3.63) is 29.3 Å². The smallest absolute Gasteiger partial charge is 0.175 e. The Morgan fingerprint density at radius 2 is 2.07 bits per heavy atom. The lowest BCUT2D eigenvalue weighted by Gasteiger charge is -2.12. The number of aryl methyl sites for hydroxylation is 1. The monoisotopic (exact) mass is 229 g/mol. The molecule has 0 aliphatic heterocycles. The van der Waals surface area contributed by atoms with Crippen LogP contribution in [0.15, 0.2) is 23.1 Å². The molecule has 84 valence electrons. The van der Waals surface area contributed by atoms with E-state index in [4.69, 9.17) is 10.8 Å². The summed E-state index contributed by atoms with van der Waals surface area (Å²) in [7, 11) is -3.18. The summed E-state index contributed by atoms with van der Waals surface area (Å²) in [6.07, 6.45) is 1.16. The van der Waals surface area contributed by atoms with Gasteiger partial charge in [-0.1, -0.05) is 6.07 Å². The number of aliphatic hydroxyl groups is 1. The Labute approximate surface area is 89.7 Å². The summed E-state index contributed by atoms with van der Waals surface area (Å²) in [5.41, 5.74) is 7.20. The summed E-state index contributed by atoms with van der Waals surface area (Å²) in [6, 6.07) is 4.26. The second-order valence-corrected chi connectivity index (χ2v) is 5.60. The highest BCUT2D eigenvalue weighted by Crippen LogP contribution is 2.19. The molecule has 5 heteroatoms. The predicted octanol–water partition coefficient (Wildman–Crippen LogP) is 0.391. The standard InChI is InChI=1S/C10H15NO3S/c1-7-5-8(15(2,13)14)3-4-9(7)10(11)6-12/h3-5,10,12H,6,11H2,1-2H3. The largest absolute Gasteiger partial charge is 0.394 e. The number of hydrogen-bond donors (Lipinski definition) is 2. The molecule has 0 saturated heterocycles. The number of nitrogens with two attached hydrogens (primary N) is 1. The minimum atomic E-state index is -3.18. The summed E-state index contributed by atoms with van der Waals surface area (Å²) in [4.78, 5) is 0.272. The summed E-state index contributed by atoms with van der Waals surface area (Å²) >= 11 is 0. The normalized spacial score (nSPS) is 13.9. The zero-order valence-corrected chi connectivity index (χ0v) is 9.58. The second kappa shape index (κ2) is 4.30. The Morgan fingerprint density at radius 3 is 2.47 bits per heavy atom. The van der Waals surface area contributed by atoms with E-state index in [1.807, 2.05) is 0 Å². The van der Waals surface area contributed by atoms with Crippen LogP contribution in [0.3, 0.4) is 0 Å². The lowest BCUT2D eigenvalue weighted by Crippen LogP contribution is -2.16. The van der Waals surface area contributed by atoms with Crippen LogP contribution >= 0.6 is 0 Å². The molecule has 1 aromatic rings. The van der Waals surface area contributed by atoms with Crippen LogP contribution in [0.5, 0.6) is 0 Å². The van der Waals surface area contributed by atoms with Gasteiger partial charge in [-0.05, 0) is 30.2 Å². The Hall–Kier alpha value is -0.910. The van der Waals surface area contributed by atoms with Gasteiger partial charge in [0.15, 0.2) is 9.84 Å². The van der Waals surface area contributed by atoms with E-state index in [0.717, 1.165) is 17.4 Å². The second-order valence-electron chi connectivity index (χ2n) is 3.58. The van der Waals surface area contributed by atoms with Crippen molar-refractivity contribution < 1.29 is 13.5 Å². The lowest BCUT2D eigenvalue weighted by atomic mass is 10.0. The Morgan fingerprint density at radius 1 is 1.47 bits per heavy atom. The maximum absolute atomic E-state index is 11.3. The first kappa shape index (κ1) is 12.2. The molecule has 0 spiro atoms. The number of hydrogen-bond acceptors (Lipinski definition) is 4. The van der Waals surface area contributed by atoms with E-state index >= 15 is 0 Å². The SMILES string of the molecule is Cc1cc(S(C)(=O)=O)ccc1C(N)CO. The van der Waals surface area contributed by atoms with Gasteiger partial charge in [0, 0.05) is 6.26 Å². The zero-order valence-electron chi connectivity index (χ0n) is 8.77. The van der Waals surface area contributed by atoms with Gasteiger partial charge in [-0.3, -0.25) is 0 Å². The first-order valence-corrected chi connectivity index (χ1v) is 6.42.